The van der Waals surface area contributed by atoms with Gasteiger partial charge in [0.15, 0.2) is 0 Å². The van der Waals surface area contributed by atoms with Gasteiger partial charge in [0, 0.05) is 19.5 Å². The molecule has 4 nitrogen and oxygen atoms in total. The third kappa shape index (κ3) is 6.52. The van der Waals surface area contributed by atoms with Gasteiger partial charge in [0.05, 0.1) is 6.10 Å². The number of aliphatic carboxylic acids is 1. The van der Waals surface area contributed by atoms with Crippen LogP contribution in [-0.4, -0.2) is 34.2 Å². The first-order chi connectivity index (χ1) is 11.1. The fourth-order valence-corrected chi connectivity index (χ4v) is 3.21. The summed E-state index contributed by atoms with van der Waals surface area (Å²) in [4.78, 5) is 12.8. The fourth-order valence-electron chi connectivity index (χ4n) is 2.50. The molecule has 0 aliphatic heterocycles. The molecule has 0 amide bonds. The highest BCUT2D eigenvalue weighted by atomic mass is 32.1. The summed E-state index contributed by atoms with van der Waals surface area (Å²) in [6.45, 7) is 2.09. The van der Waals surface area contributed by atoms with Crippen LogP contribution in [0.1, 0.15) is 36.5 Å². The van der Waals surface area contributed by atoms with Crippen molar-refractivity contribution in [2.75, 3.05) is 13.1 Å². The quantitative estimate of drug-likeness (QED) is 0.653. The van der Waals surface area contributed by atoms with E-state index in [1.54, 1.807) is 11.3 Å². The molecule has 2 aromatic rings. The van der Waals surface area contributed by atoms with E-state index in [4.69, 9.17) is 5.11 Å². The Morgan fingerprint density at radius 3 is 2.61 bits per heavy atom. The maximum atomic E-state index is 10.6. The highest BCUT2D eigenvalue weighted by Gasteiger charge is 2.14. The molecule has 1 aromatic heterocycles. The number of hydrogen-bond donors (Lipinski definition) is 2. The summed E-state index contributed by atoms with van der Waals surface area (Å²) in [6.07, 6.45) is 1.17. The van der Waals surface area contributed by atoms with Gasteiger partial charge < -0.3 is 10.2 Å². The van der Waals surface area contributed by atoms with Crippen LogP contribution in [0.5, 0.6) is 0 Å². The Morgan fingerprint density at radius 2 is 1.96 bits per heavy atom. The van der Waals surface area contributed by atoms with Gasteiger partial charge in [0.25, 0.3) is 0 Å². The topological polar surface area (TPSA) is 60.8 Å². The standard InChI is InChI=1S/C18H23NO3S/c20-17(16-9-11-23-14-16)13-19(10-5-4-8-18(21)22)12-15-6-2-1-3-7-15/h1-3,6-7,9,11,14,17,20H,4-5,8,10,12-13H2,(H,21,22). The maximum Gasteiger partial charge on any atom is 0.303 e. The summed E-state index contributed by atoms with van der Waals surface area (Å²) in [6, 6.07) is 12.1. The van der Waals surface area contributed by atoms with Crippen LogP contribution in [0.2, 0.25) is 0 Å². The largest absolute Gasteiger partial charge is 0.481 e. The molecule has 0 fully saturated rings. The number of thiophene rings is 1. The number of hydrogen-bond acceptors (Lipinski definition) is 4. The molecule has 0 aliphatic carbocycles. The highest BCUT2D eigenvalue weighted by Crippen LogP contribution is 2.19. The fraction of sp³-hybridized carbons (Fsp3) is 0.389. The van der Waals surface area contributed by atoms with Gasteiger partial charge in [-0.1, -0.05) is 30.3 Å². The van der Waals surface area contributed by atoms with E-state index in [1.807, 2.05) is 35.0 Å². The molecule has 0 saturated heterocycles. The summed E-state index contributed by atoms with van der Waals surface area (Å²) in [5.41, 5.74) is 2.14. The second-order valence-electron chi connectivity index (χ2n) is 5.64. The van der Waals surface area contributed by atoms with Crippen molar-refractivity contribution < 1.29 is 15.0 Å². The van der Waals surface area contributed by atoms with Gasteiger partial charge >= 0.3 is 5.97 Å². The average molecular weight is 333 g/mol. The lowest BCUT2D eigenvalue weighted by molar-refractivity contribution is -0.137. The predicted molar refractivity (Wildman–Crippen MR) is 92.5 cm³/mol. The normalized spacial score (nSPS) is 12.4. The lowest BCUT2D eigenvalue weighted by Crippen LogP contribution is -2.29. The Labute approximate surface area is 141 Å². The molecule has 5 heteroatoms. The molecule has 0 saturated carbocycles. The first-order valence-electron chi connectivity index (χ1n) is 7.83. The highest BCUT2D eigenvalue weighted by molar-refractivity contribution is 7.07. The molecular formula is C18H23NO3S. The predicted octanol–water partition coefficient (Wildman–Crippen LogP) is 3.54. The van der Waals surface area contributed by atoms with Crippen molar-refractivity contribution in [3.8, 4) is 0 Å². The maximum absolute atomic E-state index is 10.6. The summed E-state index contributed by atoms with van der Waals surface area (Å²) in [5.74, 6) is -0.752. The van der Waals surface area contributed by atoms with E-state index in [0.29, 0.717) is 13.0 Å². The van der Waals surface area contributed by atoms with Crippen LogP contribution < -0.4 is 0 Å². The number of nitrogens with zero attached hydrogens (tertiary/aromatic N) is 1. The van der Waals surface area contributed by atoms with E-state index in [0.717, 1.165) is 25.1 Å². The Kier molecular flexibility index (Phi) is 7.26. The van der Waals surface area contributed by atoms with Gasteiger partial charge in [0.2, 0.25) is 0 Å². The van der Waals surface area contributed by atoms with Gasteiger partial charge in [-0.2, -0.15) is 11.3 Å². The molecule has 2 N–H and O–H groups in total. The summed E-state index contributed by atoms with van der Waals surface area (Å²) in [7, 11) is 0. The van der Waals surface area contributed by atoms with E-state index in [9.17, 15) is 9.90 Å². The van der Waals surface area contributed by atoms with Gasteiger partial charge in [-0.3, -0.25) is 9.69 Å². The lowest BCUT2D eigenvalue weighted by atomic mass is 10.1. The van der Waals surface area contributed by atoms with Crippen molar-refractivity contribution in [3.05, 3.63) is 58.3 Å². The molecule has 1 aromatic carbocycles. The zero-order valence-corrected chi connectivity index (χ0v) is 13.9. The number of benzene rings is 1. The second-order valence-corrected chi connectivity index (χ2v) is 6.42. The molecule has 0 aliphatic rings. The van der Waals surface area contributed by atoms with Gasteiger partial charge in [-0.25, -0.2) is 0 Å². The molecule has 1 unspecified atom stereocenters. The number of aliphatic hydroxyl groups excluding tert-OH is 1. The smallest absolute Gasteiger partial charge is 0.303 e. The number of carboxylic acids is 1. The molecule has 23 heavy (non-hydrogen) atoms. The van der Waals surface area contributed by atoms with Crippen molar-refractivity contribution in [2.24, 2.45) is 0 Å². The van der Waals surface area contributed by atoms with Crippen LogP contribution in [-0.2, 0) is 11.3 Å². The van der Waals surface area contributed by atoms with Gasteiger partial charge in [0.1, 0.15) is 0 Å². The zero-order valence-electron chi connectivity index (χ0n) is 13.1. The van der Waals surface area contributed by atoms with E-state index in [2.05, 4.69) is 17.0 Å². The number of aliphatic hydroxyl groups is 1. The third-order valence-corrected chi connectivity index (χ3v) is 4.42. The first kappa shape index (κ1) is 17.7. The van der Waals surface area contributed by atoms with Gasteiger partial charge in [-0.15, -0.1) is 0 Å². The Morgan fingerprint density at radius 1 is 1.17 bits per heavy atom. The van der Waals surface area contributed by atoms with Crippen LogP contribution in [0.15, 0.2) is 47.2 Å². The van der Waals surface area contributed by atoms with E-state index < -0.39 is 12.1 Å². The van der Waals surface area contributed by atoms with Crippen LogP contribution in [0.3, 0.4) is 0 Å². The third-order valence-electron chi connectivity index (χ3n) is 3.72. The Hall–Kier alpha value is -1.69. The molecule has 1 heterocycles. The number of carboxylic acid groups (broad SMARTS) is 1. The van der Waals surface area contributed by atoms with Crippen LogP contribution in [0.4, 0.5) is 0 Å². The molecule has 0 spiro atoms. The second kappa shape index (κ2) is 9.45. The van der Waals surface area contributed by atoms with Crippen molar-refractivity contribution >= 4 is 17.3 Å². The molecule has 0 radical (unpaired) electrons. The van der Waals surface area contributed by atoms with E-state index in [-0.39, 0.29) is 6.42 Å². The minimum absolute atomic E-state index is 0.201. The van der Waals surface area contributed by atoms with E-state index >= 15 is 0 Å². The van der Waals surface area contributed by atoms with Crippen molar-refractivity contribution in [1.82, 2.24) is 4.90 Å². The Bertz CT molecular complexity index is 571. The summed E-state index contributed by atoms with van der Waals surface area (Å²) in [5, 5.41) is 23.0. The number of rotatable bonds is 10. The van der Waals surface area contributed by atoms with Crippen molar-refractivity contribution in [3.63, 3.8) is 0 Å². The minimum Gasteiger partial charge on any atom is -0.481 e. The first-order valence-corrected chi connectivity index (χ1v) is 8.77. The van der Waals surface area contributed by atoms with Crippen molar-refractivity contribution in [2.45, 2.75) is 31.9 Å². The molecule has 0 bridgehead atoms. The van der Waals surface area contributed by atoms with Crippen LogP contribution in [0.25, 0.3) is 0 Å². The van der Waals surface area contributed by atoms with Gasteiger partial charge in [-0.05, 0) is 47.3 Å². The van der Waals surface area contributed by atoms with Crippen molar-refractivity contribution in [1.29, 1.82) is 0 Å². The molecule has 124 valence electrons. The summed E-state index contributed by atoms with van der Waals surface area (Å²) < 4.78 is 0. The minimum atomic E-state index is -0.752. The Balaban J connectivity index is 1.91. The van der Waals surface area contributed by atoms with Crippen LogP contribution >= 0.6 is 11.3 Å². The average Bonchev–Trinajstić information content (AvgIpc) is 3.06. The van der Waals surface area contributed by atoms with E-state index in [1.165, 1.54) is 5.56 Å². The molecule has 1 atom stereocenters. The van der Waals surface area contributed by atoms with Crippen LogP contribution in [0, 0.1) is 0 Å². The number of unbranched alkanes of at least 4 members (excludes halogenated alkanes) is 1. The zero-order chi connectivity index (χ0) is 16.5. The molecule has 2 rings (SSSR count). The SMILES string of the molecule is O=C(O)CCCCN(Cc1ccccc1)CC(O)c1ccsc1. The lowest BCUT2D eigenvalue weighted by Gasteiger charge is -2.25. The number of carbonyl (C=O) groups is 1. The molecular weight excluding hydrogens is 310 g/mol. The summed E-state index contributed by atoms with van der Waals surface area (Å²) >= 11 is 1.58. The monoisotopic (exact) mass is 333 g/mol.